The van der Waals surface area contributed by atoms with Crippen molar-refractivity contribution in [3.05, 3.63) is 48.0 Å². The molecule has 0 saturated heterocycles. The van der Waals surface area contributed by atoms with Crippen LogP contribution in [0.3, 0.4) is 0 Å². The molecule has 2 heterocycles. The molecule has 0 aliphatic carbocycles. The van der Waals surface area contributed by atoms with E-state index in [1.165, 1.54) is 5.56 Å². The molecule has 0 radical (unpaired) electrons. The number of nitrogens with two attached hydrogens (primary N) is 1. The monoisotopic (exact) mass is 245 g/mol. The van der Waals surface area contributed by atoms with E-state index in [1.807, 2.05) is 41.6 Å². The van der Waals surface area contributed by atoms with Crippen LogP contribution in [0.15, 0.2) is 36.9 Å². The normalized spacial score (nSPS) is 12.6. The molecule has 96 valence electrons. The van der Waals surface area contributed by atoms with Gasteiger partial charge in [0.05, 0.1) is 6.20 Å². The Bertz CT molecular complexity index is 465. The molecule has 18 heavy (non-hydrogen) atoms. The Balaban J connectivity index is 1.97. The van der Waals surface area contributed by atoms with Crippen molar-refractivity contribution in [3.8, 4) is 0 Å². The van der Waals surface area contributed by atoms with Crippen LogP contribution in [0.2, 0.25) is 0 Å². The minimum atomic E-state index is 0.137. The lowest BCUT2D eigenvalue weighted by atomic mass is 10.0. The van der Waals surface area contributed by atoms with Gasteiger partial charge in [0.15, 0.2) is 0 Å². The van der Waals surface area contributed by atoms with Gasteiger partial charge in [-0.25, -0.2) is 0 Å². The first-order valence-corrected chi connectivity index (χ1v) is 6.21. The van der Waals surface area contributed by atoms with Crippen LogP contribution in [0.25, 0.3) is 0 Å². The van der Waals surface area contributed by atoms with Gasteiger partial charge in [0, 0.05) is 36.7 Å². The molecule has 3 N–H and O–H groups in total. The molecule has 0 saturated carbocycles. The van der Waals surface area contributed by atoms with E-state index in [9.17, 15) is 0 Å². The van der Waals surface area contributed by atoms with Crippen molar-refractivity contribution < 1.29 is 0 Å². The molecule has 0 spiro atoms. The molecule has 5 nitrogen and oxygen atoms in total. The van der Waals surface area contributed by atoms with Gasteiger partial charge in [-0.2, -0.15) is 5.10 Å². The van der Waals surface area contributed by atoms with Crippen LogP contribution < -0.4 is 11.3 Å². The zero-order valence-electron chi connectivity index (χ0n) is 10.6. The summed E-state index contributed by atoms with van der Waals surface area (Å²) < 4.78 is 1.91. The van der Waals surface area contributed by atoms with E-state index in [4.69, 9.17) is 5.84 Å². The molecule has 2 aromatic heterocycles. The maximum absolute atomic E-state index is 5.62. The third kappa shape index (κ3) is 3.15. The lowest BCUT2D eigenvalue weighted by molar-refractivity contribution is 0.515. The second kappa shape index (κ2) is 6.28. The largest absolute Gasteiger partial charge is 0.273 e. The van der Waals surface area contributed by atoms with Gasteiger partial charge in [0.1, 0.15) is 0 Å². The van der Waals surface area contributed by atoms with Gasteiger partial charge in [-0.1, -0.05) is 0 Å². The Morgan fingerprint density at radius 2 is 2.17 bits per heavy atom. The fraction of sp³-hybridized carbons (Fsp3) is 0.385. The zero-order chi connectivity index (χ0) is 12.8. The molecule has 0 amide bonds. The topological polar surface area (TPSA) is 68.8 Å². The number of nitrogens with zero attached hydrogens (tertiary/aromatic N) is 3. The summed E-state index contributed by atoms with van der Waals surface area (Å²) in [6.07, 6.45) is 9.45. The van der Waals surface area contributed by atoms with Gasteiger partial charge in [-0.05, 0) is 37.5 Å². The summed E-state index contributed by atoms with van der Waals surface area (Å²) in [5.41, 5.74) is 5.26. The first-order chi connectivity index (χ1) is 8.83. The van der Waals surface area contributed by atoms with Gasteiger partial charge in [-0.3, -0.25) is 20.9 Å². The van der Waals surface area contributed by atoms with E-state index in [-0.39, 0.29) is 6.04 Å². The summed E-state index contributed by atoms with van der Waals surface area (Å²) >= 11 is 0. The van der Waals surface area contributed by atoms with Gasteiger partial charge in [-0.15, -0.1) is 0 Å². The van der Waals surface area contributed by atoms with Crippen molar-refractivity contribution >= 4 is 0 Å². The van der Waals surface area contributed by atoms with Crippen molar-refractivity contribution in [2.75, 3.05) is 0 Å². The maximum atomic E-state index is 5.62. The Morgan fingerprint density at radius 1 is 1.39 bits per heavy atom. The number of hydrogen-bond donors (Lipinski definition) is 2. The van der Waals surface area contributed by atoms with Crippen molar-refractivity contribution in [1.82, 2.24) is 20.2 Å². The average Bonchev–Trinajstić information content (AvgIpc) is 2.89. The highest BCUT2D eigenvalue weighted by Gasteiger charge is 2.11. The fourth-order valence-corrected chi connectivity index (χ4v) is 1.94. The second-order valence-corrected chi connectivity index (χ2v) is 4.24. The zero-order valence-corrected chi connectivity index (χ0v) is 10.6. The smallest absolute Gasteiger partial charge is 0.0538 e. The van der Waals surface area contributed by atoms with Crippen molar-refractivity contribution in [1.29, 1.82) is 0 Å². The van der Waals surface area contributed by atoms with E-state index in [1.54, 1.807) is 0 Å². The number of pyridine rings is 1. The van der Waals surface area contributed by atoms with Crippen LogP contribution in [0.4, 0.5) is 0 Å². The summed E-state index contributed by atoms with van der Waals surface area (Å²) in [7, 11) is 0. The number of hydrazine groups is 1. The Kier molecular flexibility index (Phi) is 4.44. The molecule has 1 atom stereocenters. The Hall–Kier alpha value is -1.72. The lowest BCUT2D eigenvalue weighted by Crippen LogP contribution is -2.28. The minimum Gasteiger partial charge on any atom is -0.273 e. The molecule has 1 unspecified atom stereocenters. The van der Waals surface area contributed by atoms with E-state index < -0.39 is 0 Å². The van der Waals surface area contributed by atoms with Crippen molar-refractivity contribution in [2.45, 2.75) is 32.4 Å². The highest BCUT2D eigenvalue weighted by Crippen LogP contribution is 2.17. The van der Waals surface area contributed by atoms with E-state index >= 15 is 0 Å². The number of aryl methyl sites for hydroxylation is 2. The quantitative estimate of drug-likeness (QED) is 0.597. The highest BCUT2D eigenvalue weighted by molar-refractivity contribution is 5.14. The third-order valence-electron chi connectivity index (χ3n) is 3.05. The molecule has 0 aliphatic heterocycles. The number of aromatic nitrogens is 3. The SMILES string of the molecule is CCn1cc(C(CCc2ccncc2)NN)cn1. The molecule has 2 aromatic rings. The van der Waals surface area contributed by atoms with Gasteiger partial charge < -0.3 is 0 Å². The average molecular weight is 245 g/mol. The number of rotatable bonds is 6. The maximum Gasteiger partial charge on any atom is 0.0538 e. The lowest BCUT2D eigenvalue weighted by Gasteiger charge is -2.13. The Morgan fingerprint density at radius 3 is 2.78 bits per heavy atom. The summed E-state index contributed by atoms with van der Waals surface area (Å²) in [4.78, 5) is 4.01. The van der Waals surface area contributed by atoms with E-state index in [0.717, 1.165) is 24.9 Å². The number of nitrogens with one attached hydrogen (secondary N) is 1. The molecule has 0 bridgehead atoms. The predicted molar refractivity (Wildman–Crippen MR) is 70.5 cm³/mol. The van der Waals surface area contributed by atoms with Crippen molar-refractivity contribution in [2.24, 2.45) is 5.84 Å². The molecule has 0 aliphatic rings. The second-order valence-electron chi connectivity index (χ2n) is 4.24. The third-order valence-corrected chi connectivity index (χ3v) is 3.05. The van der Waals surface area contributed by atoms with Crippen molar-refractivity contribution in [3.63, 3.8) is 0 Å². The predicted octanol–water partition coefficient (Wildman–Crippen LogP) is 1.44. The fourth-order valence-electron chi connectivity index (χ4n) is 1.94. The standard InChI is InChI=1S/C13H19N5/c1-2-18-10-12(9-16-18)13(17-14)4-3-11-5-7-15-8-6-11/h5-10,13,17H,2-4,14H2,1H3. The molecular formula is C13H19N5. The minimum absolute atomic E-state index is 0.137. The van der Waals surface area contributed by atoms with Crippen LogP contribution in [-0.4, -0.2) is 14.8 Å². The highest BCUT2D eigenvalue weighted by atomic mass is 15.3. The Labute approximate surface area is 107 Å². The molecule has 5 heteroatoms. The molecule has 0 fully saturated rings. The van der Waals surface area contributed by atoms with Crippen LogP contribution in [-0.2, 0) is 13.0 Å². The van der Waals surface area contributed by atoms with Crippen LogP contribution >= 0.6 is 0 Å². The van der Waals surface area contributed by atoms with Gasteiger partial charge in [0.2, 0.25) is 0 Å². The van der Waals surface area contributed by atoms with Gasteiger partial charge >= 0.3 is 0 Å². The molecular weight excluding hydrogens is 226 g/mol. The first kappa shape index (κ1) is 12.7. The molecule has 0 aromatic carbocycles. The van der Waals surface area contributed by atoms with Crippen LogP contribution in [0.5, 0.6) is 0 Å². The van der Waals surface area contributed by atoms with Crippen LogP contribution in [0, 0.1) is 0 Å². The summed E-state index contributed by atoms with van der Waals surface area (Å²) in [5, 5.41) is 4.27. The van der Waals surface area contributed by atoms with E-state index in [0.29, 0.717) is 0 Å². The molecule has 2 rings (SSSR count). The van der Waals surface area contributed by atoms with Crippen LogP contribution in [0.1, 0.15) is 30.5 Å². The van der Waals surface area contributed by atoms with Gasteiger partial charge in [0.25, 0.3) is 0 Å². The number of hydrogen-bond acceptors (Lipinski definition) is 4. The summed E-state index contributed by atoms with van der Waals surface area (Å²) in [6, 6.07) is 4.20. The van der Waals surface area contributed by atoms with E-state index in [2.05, 4.69) is 22.4 Å². The summed E-state index contributed by atoms with van der Waals surface area (Å²) in [5.74, 6) is 5.62. The summed E-state index contributed by atoms with van der Waals surface area (Å²) in [6.45, 7) is 2.94. The first-order valence-electron chi connectivity index (χ1n) is 6.21.